The van der Waals surface area contributed by atoms with E-state index in [-0.39, 0.29) is 17.9 Å². The largest absolute Gasteiger partial charge is 0.298 e. The summed E-state index contributed by atoms with van der Waals surface area (Å²) in [6.07, 6.45) is -2.29. The molecule has 0 atom stereocenters. The van der Waals surface area contributed by atoms with Crippen molar-refractivity contribution in [1.82, 2.24) is 4.98 Å². The summed E-state index contributed by atoms with van der Waals surface area (Å²) < 4.78 is 37.5. The topological polar surface area (TPSA) is 30.0 Å². The highest BCUT2D eigenvalue weighted by molar-refractivity contribution is 6.17. The Morgan fingerprint density at radius 1 is 1.57 bits per heavy atom. The molecular formula is C8H5ClF3NO. The fourth-order valence-electron chi connectivity index (χ4n) is 1.02. The van der Waals surface area contributed by atoms with Gasteiger partial charge in [-0.1, -0.05) is 0 Å². The Morgan fingerprint density at radius 3 is 2.64 bits per heavy atom. The Kier molecular flexibility index (Phi) is 3.46. The second-order valence-corrected chi connectivity index (χ2v) is 2.70. The van der Waals surface area contributed by atoms with Crippen LogP contribution in [0.2, 0.25) is 0 Å². The summed E-state index contributed by atoms with van der Waals surface area (Å²) in [5, 5.41) is 0. The van der Waals surface area contributed by atoms with Crippen LogP contribution in [0.15, 0.2) is 6.20 Å². The number of rotatable bonds is 3. The molecule has 0 saturated heterocycles. The maximum Gasteiger partial charge on any atom is 0.267 e. The fraction of sp³-hybridized carbons (Fsp3) is 0.250. The van der Waals surface area contributed by atoms with E-state index in [0.717, 1.165) is 0 Å². The summed E-state index contributed by atoms with van der Waals surface area (Å²) in [5.41, 5.74) is -1.45. The van der Waals surface area contributed by atoms with Crippen LogP contribution in [0, 0.1) is 5.82 Å². The Balaban J connectivity index is 3.42. The van der Waals surface area contributed by atoms with Gasteiger partial charge in [-0.05, 0) is 0 Å². The predicted molar refractivity (Wildman–Crippen MR) is 44.1 cm³/mol. The number of carbonyl (C=O) groups is 1. The predicted octanol–water partition coefficient (Wildman–Crippen LogP) is 2.71. The van der Waals surface area contributed by atoms with Gasteiger partial charge in [0.2, 0.25) is 0 Å². The zero-order valence-electron chi connectivity index (χ0n) is 6.81. The highest BCUT2D eigenvalue weighted by Crippen LogP contribution is 2.26. The lowest BCUT2D eigenvalue weighted by atomic mass is 10.1. The zero-order chi connectivity index (χ0) is 10.7. The SMILES string of the molecule is O=Cc1c(CCl)ncc(F)c1C(F)F. The molecule has 1 heterocycles. The van der Waals surface area contributed by atoms with Crippen LogP contribution in [-0.2, 0) is 5.88 Å². The highest BCUT2D eigenvalue weighted by Gasteiger charge is 2.21. The van der Waals surface area contributed by atoms with Gasteiger partial charge in [-0.15, -0.1) is 11.6 Å². The Hall–Kier alpha value is -1.10. The molecule has 0 aromatic carbocycles. The van der Waals surface area contributed by atoms with Crippen LogP contribution in [0.4, 0.5) is 13.2 Å². The minimum atomic E-state index is -3.06. The first kappa shape index (κ1) is 11.0. The van der Waals surface area contributed by atoms with Gasteiger partial charge in [0, 0.05) is 5.56 Å². The van der Waals surface area contributed by atoms with Gasteiger partial charge in [-0.25, -0.2) is 13.2 Å². The van der Waals surface area contributed by atoms with Crippen LogP contribution in [0.3, 0.4) is 0 Å². The van der Waals surface area contributed by atoms with Crippen molar-refractivity contribution >= 4 is 17.9 Å². The molecule has 0 aliphatic carbocycles. The van der Waals surface area contributed by atoms with Gasteiger partial charge in [0.05, 0.1) is 23.3 Å². The molecule has 0 radical (unpaired) electrons. The molecule has 76 valence electrons. The van der Waals surface area contributed by atoms with Crippen molar-refractivity contribution in [1.29, 1.82) is 0 Å². The van der Waals surface area contributed by atoms with Crippen molar-refractivity contribution in [3.63, 3.8) is 0 Å². The van der Waals surface area contributed by atoms with E-state index in [0.29, 0.717) is 6.20 Å². The molecule has 1 rings (SSSR count). The molecule has 0 amide bonds. The lowest BCUT2D eigenvalue weighted by Crippen LogP contribution is -2.04. The number of hydrogen-bond donors (Lipinski definition) is 0. The minimum absolute atomic E-state index is 0.0432. The average Bonchev–Trinajstić information content (AvgIpc) is 2.16. The van der Waals surface area contributed by atoms with E-state index in [1.807, 2.05) is 0 Å². The monoisotopic (exact) mass is 223 g/mol. The lowest BCUT2D eigenvalue weighted by molar-refractivity contribution is 0.110. The van der Waals surface area contributed by atoms with Crippen molar-refractivity contribution in [2.24, 2.45) is 0 Å². The number of aromatic nitrogens is 1. The number of pyridine rings is 1. The normalized spacial score (nSPS) is 10.6. The number of alkyl halides is 3. The Bertz CT molecular complexity index is 357. The number of nitrogens with zero attached hydrogens (tertiary/aromatic N) is 1. The smallest absolute Gasteiger partial charge is 0.267 e. The zero-order valence-corrected chi connectivity index (χ0v) is 7.56. The molecular weight excluding hydrogens is 219 g/mol. The summed E-state index contributed by atoms with van der Waals surface area (Å²) in [7, 11) is 0. The molecule has 0 fully saturated rings. The molecule has 0 spiro atoms. The molecule has 0 saturated carbocycles. The van der Waals surface area contributed by atoms with Crippen molar-refractivity contribution < 1.29 is 18.0 Å². The second-order valence-electron chi connectivity index (χ2n) is 2.43. The summed E-state index contributed by atoms with van der Waals surface area (Å²) in [4.78, 5) is 13.9. The average molecular weight is 224 g/mol. The third kappa shape index (κ3) is 1.87. The fourth-order valence-corrected chi connectivity index (χ4v) is 1.23. The second kappa shape index (κ2) is 4.41. The van der Waals surface area contributed by atoms with Gasteiger partial charge in [-0.2, -0.15) is 0 Å². The number of halogens is 4. The molecule has 0 N–H and O–H groups in total. The summed E-state index contributed by atoms with van der Waals surface area (Å²) in [6.45, 7) is 0. The van der Waals surface area contributed by atoms with E-state index >= 15 is 0 Å². The van der Waals surface area contributed by atoms with Crippen LogP contribution < -0.4 is 0 Å². The van der Waals surface area contributed by atoms with Gasteiger partial charge in [-0.3, -0.25) is 9.78 Å². The Morgan fingerprint density at radius 2 is 2.21 bits per heavy atom. The van der Waals surface area contributed by atoms with Crippen LogP contribution in [0.5, 0.6) is 0 Å². The summed E-state index contributed by atoms with van der Waals surface area (Å²) in [5.74, 6) is -1.41. The van der Waals surface area contributed by atoms with Crippen LogP contribution in [0.1, 0.15) is 28.0 Å². The van der Waals surface area contributed by atoms with E-state index in [9.17, 15) is 18.0 Å². The van der Waals surface area contributed by atoms with Gasteiger partial charge in [0.25, 0.3) is 6.43 Å². The van der Waals surface area contributed by atoms with E-state index in [1.165, 1.54) is 0 Å². The highest BCUT2D eigenvalue weighted by atomic mass is 35.5. The molecule has 2 nitrogen and oxygen atoms in total. The molecule has 1 aromatic rings. The maximum atomic E-state index is 12.9. The standard InChI is InChI=1S/C8H5ClF3NO/c9-1-6-4(3-14)7(8(11)12)5(10)2-13-6/h2-3,8H,1H2. The number of aldehydes is 1. The van der Waals surface area contributed by atoms with Crippen molar-refractivity contribution in [3.05, 3.63) is 28.8 Å². The lowest BCUT2D eigenvalue weighted by Gasteiger charge is -2.07. The van der Waals surface area contributed by atoms with Gasteiger partial charge in [0.15, 0.2) is 12.1 Å². The van der Waals surface area contributed by atoms with E-state index in [4.69, 9.17) is 11.6 Å². The van der Waals surface area contributed by atoms with Crippen molar-refractivity contribution in [3.8, 4) is 0 Å². The van der Waals surface area contributed by atoms with Crippen LogP contribution in [0.25, 0.3) is 0 Å². The molecule has 0 bridgehead atoms. The maximum absolute atomic E-state index is 12.9. The third-order valence-corrected chi connectivity index (χ3v) is 1.91. The number of carbonyl (C=O) groups excluding carboxylic acids is 1. The first-order chi connectivity index (χ1) is 6.61. The first-order valence-electron chi connectivity index (χ1n) is 3.58. The van der Waals surface area contributed by atoms with Crippen LogP contribution >= 0.6 is 11.6 Å². The van der Waals surface area contributed by atoms with Gasteiger partial charge >= 0.3 is 0 Å². The third-order valence-electron chi connectivity index (χ3n) is 1.65. The van der Waals surface area contributed by atoms with Crippen molar-refractivity contribution in [2.75, 3.05) is 0 Å². The molecule has 1 aromatic heterocycles. The number of hydrogen-bond acceptors (Lipinski definition) is 2. The quantitative estimate of drug-likeness (QED) is 0.583. The molecule has 6 heteroatoms. The van der Waals surface area contributed by atoms with Crippen molar-refractivity contribution in [2.45, 2.75) is 12.3 Å². The minimum Gasteiger partial charge on any atom is -0.298 e. The van der Waals surface area contributed by atoms with E-state index in [2.05, 4.69) is 4.98 Å². The van der Waals surface area contributed by atoms with E-state index in [1.54, 1.807) is 0 Å². The van der Waals surface area contributed by atoms with Gasteiger partial charge in [0.1, 0.15) is 0 Å². The Labute approximate surface area is 82.7 Å². The molecule has 0 aliphatic rings. The molecule has 14 heavy (non-hydrogen) atoms. The summed E-state index contributed by atoms with van der Waals surface area (Å²) in [6, 6.07) is 0. The van der Waals surface area contributed by atoms with E-state index < -0.39 is 23.4 Å². The van der Waals surface area contributed by atoms with Crippen LogP contribution in [-0.4, -0.2) is 11.3 Å². The molecule has 0 unspecified atom stereocenters. The first-order valence-corrected chi connectivity index (χ1v) is 4.11. The molecule has 0 aliphatic heterocycles. The van der Waals surface area contributed by atoms with Gasteiger partial charge < -0.3 is 0 Å². The summed E-state index contributed by atoms with van der Waals surface area (Å²) >= 11 is 5.35.